The zero-order valence-corrected chi connectivity index (χ0v) is 13.9. The molecule has 0 radical (unpaired) electrons. The molecule has 5 nitrogen and oxygen atoms in total. The van der Waals surface area contributed by atoms with Crippen molar-refractivity contribution in [3.8, 4) is 0 Å². The van der Waals surface area contributed by atoms with Gasteiger partial charge in [-0.15, -0.1) is 0 Å². The van der Waals surface area contributed by atoms with Crippen molar-refractivity contribution in [3.63, 3.8) is 0 Å². The lowest BCUT2D eigenvalue weighted by atomic mass is 10.1. The third kappa shape index (κ3) is 4.93. The van der Waals surface area contributed by atoms with Gasteiger partial charge in [-0.1, -0.05) is 29.8 Å². The summed E-state index contributed by atoms with van der Waals surface area (Å²) in [5, 5.41) is 7.26. The smallest absolute Gasteiger partial charge is 0.224 e. The van der Waals surface area contributed by atoms with Crippen LogP contribution >= 0.6 is 11.6 Å². The molecule has 0 amide bonds. The van der Waals surface area contributed by atoms with Gasteiger partial charge in [0.25, 0.3) is 0 Å². The standard InChI is InChI=1S/C18H18ClN5/c19-16-5-1-3-14(11-16)6-9-21-18-22-10-7-17(24-18)23-13-15-4-2-8-20-12-15/h1-5,7-8,10-12H,6,9,13H2,(H2,21,22,23,24). The summed E-state index contributed by atoms with van der Waals surface area (Å²) >= 11 is 5.99. The second-order valence-corrected chi connectivity index (χ2v) is 5.72. The number of aromatic nitrogens is 3. The van der Waals surface area contributed by atoms with Gasteiger partial charge in [0, 0.05) is 36.7 Å². The van der Waals surface area contributed by atoms with Gasteiger partial charge in [-0.05, 0) is 41.8 Å². The van der Waals surface area contributed by atoms with E-state index >= 15 is 0 Å². The molecule has 0 aliphatic rings. The maximum atomic E-state index is 5.99. The first-order valence-corrected chi connectivity index (χ1v) is 8.11. The lowest BCUT2D eigenvalue weighted by Crippen LogP contribution is -2.09. The number of hydrogen-bond donors (Lipinski definition) is 2. The molecule has 2 N–H and O–H groups in total. The van der Waals surface area contributed by atoms with E-state index in [0.29, 0.717) is 12.5 Å². The molecular formula is C18H18ClN5. The molecule has 0 fully saturated rings. The van der Waals surface area contributed by atoms with Crippen LogP contribution in [-0.2, 0) is 13.0 Å². The lowest BCUT2D eigenvalue weighted by molar-refractivity contribution is 0.979. The van der Waals surface area contributed by atoms with Gasteiger partial charge in [-0.25, -0.2) is 4.98 Å². The number of hydrogen-bond acceptors (Lipinski definition) is 5. The summed E-state index contributed by atoms with van der Waals surface area (Å²) < 4.78 is 0. The molecule has 0 saturated heterocycles. The number of pyridine rings is 1. The molecule has 24 heavy (non-hydrogen) atoms. The largest absolute Gasteiger partial charge is 0.366 e. The Morgan fingerprint density at radius 2 is 1.88 bits per heavy atom. The molecule has 0 spiro atoms. The topological polar surface area (TPSA) is 62.7 Å². The minimum atomic E-state index is 0.605. The van der Waals surface area contributed by atoms with Gasteiger partial charge in [-0.2, -0.15) is 4.98 Å². The van der Waals surface area contributed by atoms with Crippen molar-refractivity contribution < 1.29 is 0 Å². The van der Waals surface area contributed by atoms with E-state index in [0.717, 1.165) is 29.4 Å². The zero-order valence-electron chi connectivity index (χ0n) is 13.1. The fraction of sp³-hybridized carbons (Fsp3) is 0.167. The predicted molar refractivity (Wildman–Crippen MR) is 97.2 cm³/mol. The Bertz CT molecular complexity index is 779. The first kappa shape index (κ1) is 16.2. The lowest BCUT2D eigenvalue weighted by Gasteiger charge is -2.08. The Hall–Kier alpha value is -2.66. The predicted octanol–water partition coefficient (Wildman–Crippen LogP) is 3.79. The Labute approximate surface area is 146 Å². The molecule has 0 unspecified atom stereocenters. The molecule has 2 heterocycles. The molecule has 2 aromatic heterocycles. The second kappa shape index (κ2) is 8.26. The molecule has 0 saturated carbocycles. The summed E-state index contributed by atoms with van der Waals surface area (Å²) in [5.74, 6) is 1.38. The van der Waals surface area contributed by atoms with Crippen molar-refractivity contribution in [2.24, 2.45) is 0 Å². The summed E-state index contributed by atoms with van der Waals surface area (Å²) in [5.41, 5.74) is 2.28. The third-order valence-electron chi connectivity index (χ3n) is 3.44. The Morgan fingerprint density at radius 3 is 2.71 bits per heavy atom. The van der Waals surface area contributed by atoms with Crippen molar-refractivity contribution in [3.05, 3.63) is 77.2 Å². The van der Waals surface area contributed by atoms with Gasteiger partial charge in [-0.3, -0.25) is 4.98 Å². The summed E-state index contributed by atoms with van der Waals surface area (Å²) in [6, 6.07) is 13.6. The van der Waals surface area contributed by atoms with Gasteiger partial charge in [0.05, 0.1) is 0 Å². The van der Waals surface area contributed by atoms with E-state index in [-0.39, 0.29) is 0 Å². The molecule has 6 heteroatoms. The van der Waals surface area contributed by atoms with Crippen LogP contribution in [0, 0.1) is 0 Å². The van der Waals surface area contributed by atoms with Crippen molar-refractivity contribution in [1.82, 2.24) is 15.0 Å². The number of halogens is 1. The van der Waals surface area contributed by atoms with Gasteiger partial charge >= 0.3 is 0 Å². The van der Waals surface area contributed by atoms with Gasteiger partial charge in [0.2, 0.25) is 5.95 Å². The van der Waals surface area contributed by atoms with Crippen LogP contribution in [0.25, 0.3) is 0 Å². The molecule has 0 aliphatic heterocycles. The Morgan fingerprint density at radius 1 is 0.958 bits per heavy atom. The minimum Gasteiger partial charge on any atom is -0.366 e. The SMILES string of the molecule is Clc1cccc(CCNc2nccc(NCc3cccnc3)n2)c1. The van der Waals surface area contributed by atoms with Crippen molar-refractivity contribution in [1.29, 1.82) is 0 Å². The van der Waals surface area contributed by atoms with E-state index < -0.39 is 0 Å². The molecule has 1 aromatic carbocycles. The van der Waals surface area contributed by atoms with Crippen LogP contribution in [0.1, 0.15) is 11.1 Å². The van der Waals surface area contributed by atoms with E-state index in [1.165, 1.54) is 5.56 Å². The maximum absolute atomic E-state index is 5.99. The van der Waals surface area contributed by atoms with Gasteiger partial charge < -0.3 is 10.6 Å². The van der Waals surface area contributed by atoms with Crippen LogP contribution in [0.3, 0.4) is 0 Å². The van der Waals surface area contributed by atoms with Gasteiger partial charge in [0.15, 0.2) is 0 Å². The van der Waals surface area contributed by atoms with Crippen LogP contribution in [0.2, 0.25) is 5.02 Å². The highest BCUT2D eigenvalue weighted by molar-refractivity contribution is 6.30. The average Bonchev–Trinajstić information content (AvgIpc) is 2.61. The van der Waals surface area contributed by atoms with Crippen molar-refractivity contribution >= 4 is 23.4 Å². The third-order valence-corrected chi connectivity index (χ3v) is 3.67. The highest BCUT2D eigenvalue weighted by Gasteiger charge is 2.00. The van der Waals surface area contributed by atoms with E-state index in [1.54, 1.807) is 12.4 Å². The quantitative estimate of drug-likeness (QED) is 0.685. The van der Waals surface area contributed by atoms with E-state index in [4.69, 9.17) is 11.6 Å². The normalized spacial score (nSPS) is 10.4. The van der Waals surface area contributed by atoms with Crippen LogP contribution in [0.4, 0.5) is 11.8 Å². The minimum absolute atomic E-state index is 0.605. The number of anilines is 2. The van der Waals surface area contributed by atoms with E-state index in [2.05, 4.69) is 31.7 Å². The molecule has 0 atom stereocenters. The van der Waals surface area contributed by atoms with Crippen LogP contribution < -0.4 is 10.6 Å². The number of nitrogens with zero attached hydrogens (tertiary/aromatic N) is 3. The summed E-state index contributed by atoms with van der Waals surface area (Å²) in [7, 11) is 0. The highest BCUT2D eigenvalue weighted by Crippen LogP contribution is 2.12. The fourth-order valence-corrected chi connectivity index (χ4v) is 2.46. The van der Waals surface area contributed by atoms with Crippen molar-refractivity contribution in [2.75, 3.05) is 17.2 Å². The van der Waals surface area contributed by atoms with E-state index in [9.17, 15) is 0 Å². The fourth-order valence-electron chi connectivity index (χ4n) is 2.25. The summed E-state index contributed by atoms with van der Waals surface area (Å²) in [6.07, 6.45) is 6.19. The summed E-state index contributed by atoms with van der Waals surface area (Å²) in [6.45, 7) is 1.42. The van der Waals surface area contributed by atoms with Crippen LogP contribution in [0.5, 0.6) is 0 Å². The molecule has 3 rings (SSSR count). The highest BCUT2D eigenvalue weighted by atomic mass is 35.5. The Kier molecular flexibility index (Phi) is 5.58. The molecule has 0 bridgehead atoms. The van der Waals surface area contributed by atoms with Crippen molar-refractivity contribution in [2.45, 2.75) is 13.0 Å². The maximum Gasteiger partial charge on any atom is 0.224 e. The zero-order chi connectivity index (χ0) is 16.6. The number of nitrogens with one attached hydrogen (secondary N) is 2. The van der Waals surface area contributed by atoms with Gasteiger partial charge in [0.1, 0.15) is 5.82 Å². The van der Waals surface area contributed by atoms with Crippen LogP contribution in [0.15, 0.2) is 61.1 Å². The number of benzene rings is 1. The Balaban J connectivity index is 1.51. The molecule has 122 valence electrons. The number of rotatable bonds is 7. The first-order valence-electron chi connectivity index (χ1n) is 7.74. The van der Waals surface area contributed by atoms with E-state index in [1.807, 2.05) is 42.6 Å². The molecule has 0 aliphatic carbocycles. The average molecular weight is 340 g/mol. The molecular weight excluding hydrogens is 322 g/mol. The monoisotopic (exact) mass is 339 g/mol. The molecule has 3 aromatic rings. The summed E-state index contributed by atoms with van der Waals surface area (Å²) in [4.78, 5) is 12.8. The van der Waals surface area contributed by atoms with Crippen LogP contribution in [-0.4, -0.2) is 21.5 Å². The second-order valence-electron chi connectivity index (χ2n) is 5.29. The first-order chi connectivity index (χ1) is 11.8.